The smallest absolute Gasteiger partial charge is 0.205 e. The highest BCUT2D eigenvalue weighted by molar-refractivity contribution is 5.35. The molecule has 0 radical (unpaired) electrons. The topological polar surface area (TPSA) is 47.1 Å². The maximum Gasteiger partial charge on any atom is 0.205 e. The highest BCUT2D eigenvalue weighted by atomic mass is 15.3. The zero-order valence-corrected chi connectivity index (χ0v) is 9.07. The number of hydrogen-bond acceptors (Lipinski definition) is 3. The van der Waals surface area contributed by atoms with E-state index in [4.69, 9.17) is 5.73 Å². The number of aryl methyl sites for hydroxylation is 2. The number of rotatable bonds is 1. The second kappa shape index (κ2) is 3.28. The van der Waals surface area contributed by atoms with Crippen LogP contribution in [0.25, 0.3) is 0 Å². The predicted octanol–water partition coefficient (Wildman–Crippen LogP) is 0.512. The van der Waals surface area contributed by atoms with Gasteiger partial charge >= 0.3 is 0 Å². The maximum atomic E-state index is 5.98. The summed E-state index contributed by atoms with van der Waals surface area (Å²) < 4.78 is 2.07. The summed E-state index contributed by atoms with van der Waals surface area (Å²) in [4.78, 5) is 6.76. The first kappa shape index (κ1) is 9.52. The third-order valence-electron chi connectivity index (χ3n) is 2.93. The third kappa shape index (κ3) is 1.50. The molecule has 0 aliphatic carbocycles. The molecule has 14 heavy (non-hydrogen) atoms. The van der Waals surface area contributed by atoms with Crippen molar-refractivity contribution in [2.45, 2.75) is 19.9 Å². The Hall–Kier alpha value is -1.03. The van der Waals surface area contributed by atoms with Crippen LogP contribution in [0.2, 0.25) is 0 Å². The Balaban J connectivity index is 2.20. The highest BCUT2D eigenvalue weighted by Gasteiger charge is 2.28. The number of nitrogens with two attached hydrogens (primary N) is 1. The first-order chi connectivity index (χ1) is 6.58. The number of hydrogen-bond donors (Lipinski definition) is 1. The normalized spacial score (nSPS) is 27.3. The second-order valence-electron chi connectivity index (χ2n) is 4.34. The molecule has 2 N–H and O–H groups in total. The molecule has 2 atom stereocenters. The van der Waals surface area contributed by atoms with E-state index >= 15 is 0 Å². The van der Waals surface area contributed by atoms with Crippen molar-refractivity contribution < 1.29 is 0 Å². The first-order valence-electron chi connectivity index (χ1n) is 5.08. The summed E-state index contributed by atoms with van der Waals surface area (Å²) in [5, 5.41) is 0. The van der Waals surface area contributed by atoms with E-state index in [9.17, 15) is 0 Å². The van der Waals surface area contributed by atoms with Crippen molar-refractivity contribution in [2.24, 2.45) is 18.7 Å². The molecule has 4 nitrogen and oxygen atoms in total. The van der Waals surface area contributed by atoms with Gasteiger partial charge in [-0.3, -0.25) is 0 Å². The van der Waals surface area contributed by atoms with Crippen LogP contribution in [0.3, 0.4) is 0 Å². The Labute approximate surface area is 84.7 Å². The van der Waals surface area contributed by atoms with E-state index in [1.165, 1.54) is 0 Å². The molecule has 78 valence electrons. The van der Waals surface area contributed by atoms with Crippen LogP contribution in [0.15, 0.2) is 6.20 Å². The van der Waals surface area contributed by atoms with Gasteiger partial charge in [-0.2, -0.15) is 0 Å². The van der Waals surface area contributed by atoms with Gasteiger partial charge in [-0.1, -0.05) is 6.92 Å². The van der Waals surface area contributed by atoms with Crippen molar-refractivity contribution >= 4 is 5.95 Å². The molecule has 1 aliphatic heterocycles. The van der Waals surface area contributed by atoms with Crippen LogP contribution in [0, 0.1) is 12.8 Å². The van der Waals surface area contributed by atoms with Gasteiger partial charge in [0.1, 0.15) is 0 Å². The van der Waals surface area contributed by atoms with Crippen LogP contribution < -0.4 is 10.6 Å². The van der Waals surface area contributed by atoms with Crippen molar-refractivity contribution in [3.05, 3.63) is 11.9 Å². The lowest BCUT2D eigenvalue weighted by molar-refractivity contribution is 0.565. The van der Waals surface area contributed by atoms with Crippen molar-refractivity contribution in [1.29, 1.82) is 0 Å². The molecule has 2 unspecified atom stereocenters. The average Bonchev–Trinajstić information content (AvgIpc) is 2.57. The number of nitrogens with zero attached hydrogens (tertiary/aromatic N) is 3. The molecule has 4 heteroatoms. The van der Waals surface area contributed by atoms with E-state index in [-0.39, 0.29) is 6.04 Å². The zero-order chi connectivity index (χ0) is 10.3. The highest BCUT2D eigenvalue weighted by Crippen LogP contribution is 2.21. The summed E-state index contributed by atoms with van der Waals surface area (Å²) in [6.45, 7) is 6.15. The minimum Gasteiger partial charge on any atom is -0.340 e. The van der Waals surface area contributed by atoms with E-state index in [0.29, 0.717) is 5.92 Å². The number of imidazole rings is 1. The minimum atomic E-state index is 0.284. The van der Waals surface area contributed by atoms with Crippen LogP contribution in [0.5, 0.6) is 0 Å². The molecule has 1 saturated heterocycles. The van der Waals surface area contributed by atoms with Gasteiger partial charge < -0.3 is 15.2 Å². The zero-order valence-electron chi connectivity index (χ0n) is 9.07. The Kier molecular flexibility index (Phi) is 2.23. The van der Waals surface area contributed by atoms with Gasteiger partial charge in [-0.25, -0.2) is 4.98 Å². The van der Waals surface area contributed by atoms with Crippen LogP contribution in [-0.2, 0) is 7.05 Å². The lowest BCUT2D eigenvalue weighted by Crippen LogP contribution is -2.29. The lowest BCUT2D eigenvalue weighted by Gasteiger charge is -2.16. The summed E-state index contributed by atoms with van der Waals surface area (Å²) >= 11 is 0. The summed E-state index contributed by atoms with van der Waals surface area (Å²) in [6.07, 6.45) is 2.05. The van der Waals surface area contributed by atoms with E-state index in [2.05, 4.69) is 21.4 Å². The molecule has 1 aromatic rings. The fourth-order valence-electron chi connectivity index (χ4n) is 2.05. The first-order valence-corrected chi connectivity index (χ1v) is 5.08. The van der Waals surface area contributed by atoms with Crippen LogP contribution in [-0.4, -0.2) is 28.7 Å². The van der Waals surface area contributed by atoms with Crippen molar-refractivity contribution in [3.63, 3.8) is 0 Å². The monoisotopic (exact) mass is 194 g/mol. The van der Waals surface area contributed by atoms with Gasteiger partial charge in [-0.15, -0.1) is 0 Å². The van der Waals surface area contributed by atoms with Gasteiger partial charge in [0.15, 0.2) is 0 Å². The molecule has 1 aliphatic rings. The molecular weight excluding hydrogens is 176 g/mol. The van der Waals surface area contributed by atoms with Gasteiger partial charge in [0.25, 0.3) is 0 Å². The van der Waals surface area contributed by atoms with E-state index in [1.54, 1.807) is 0 Å². The SMILES string of the molecule is Cc1cn(C)c(N2CC(C)C(N)C2)n1. The molecule has 0 spiro atoms. The van der Waals surface area contributed by atoms with E-state index < -0.39 is 0 Å². The molecule has 2 rings (SSSR count). The second-order valence-corrected chi connectivity index (χ2v) is 4.34. The minimum absolute atomic E-state index is 0.284. The van der Waals surface area contributed by atoms with Crippen LogP contribution in [0.4, 0.5) is 5.95 Å². The average molecular weight is 194 g/mol. The fraction of sp³-hybridized carbons (Fsp3) is 0.700. The fourth-order valence-corrected chi connectivity index (χ4v) is 2.05. The Morgan fingerprint density at radius 2 is 2.21 bits per heavy atom. The van der Waals surface area contributed by atoms with Crippen molar-refractivity contribution in [3.8, 4) is 0 Å². The van der Waals surface area contributed by atoms with Crippen LogP contribution >= 0.6 is 0 Å². The van der Waals surface area contributed by atoms with E-state index in [1.807, 2.05) is 20.2 Å². The molecule has 0 aromatic carbocycles. The number of aromatic nitrogens is 2. The summed E-state index contributed by atoms with van der Waals surface area (Å²) in [6, 6.07) is 0.284. The largest absolute Gasteiger partial charge is 0.340 e. The summed E-state index contributed by atoms with van der Waals surface area (Å²) in [7, 11) is 2.03. The Morgan fingerprint density at radius 3 is 2.64 bits per heavy atom. The van der Waals surface area contributed by atoms with Crippen LogP contribution in [0.1, 0.15) is 12.6 Å². The van der Waals surface area contributed by atoms with Gasteiger partial charge in [0.05, 0.1) is 5.69 Å². The Morgan fingerprint density at radius 1 is 1.50 bits per heavy atom. The quantitative estimate of drug-likeness (QED) is 0.708. The molecule has 1 aromatic heterocycles. The maximum absolute atomic E-state index is 5.98. The molecule has 0 saturated carbocycles. The predicted molar refractivity (Wildman–Crippen MR) is 57.3 cm³/mol. The lowest BCUT2D eigenvalue weighted by atomic mass is 10.1. The molecule has 0 amide bonds. The summed E-state index contributed by atoms with van der Waals surface area (Å²) in [5.74, 6) is 1.61. The van der Waals surface area contributed by atoms with Gasteiger partial charge in [0.2, 0.25) is 5.95 Å². The molecule has 0 bridgehead atoms. The third-order valence-corrected chi connectivity index (χ3v) is 2.93. The molecular formula is C10H18N4. The van der Waals surface area contributed by atoms with Gasteiger partial charge in [-0.05, 0) is 12.8 Å². The van der Waals surface area contributed by atoms with Crippen molar-refractivity contribution in [1.82, 2.24) is 9.55 Å². The van der Waals surface area contributed by atoms with Crippen molar-refractivity contribution in [2.75, 3.05) is 18.0 Å². The number of anilines is 1. The standard InChI is InChI=1S/C10H18N4/c1-7-4-14(6-9(7)11)10-12-8(2)5-13(10)3/h5,7,9H,4,6,11H2,1-3H3. The Bertz CT molecular complexity index is 321. The molecule has 1 fully saturated rings. The molecule has 2 heterocycles. The van der Waals surface area contributed by atoms with E-state index in [0.717, 1.165) is 24.7 Å². The van der Waals surface area contributed by atoms with Gasteiger partial charge in [0, 0.05) is 32.4 Å². The summed E-state index contributed by atoms with van der Waals surface area (Å²) in [5.41, 5.74) is 7.05.